The Morgan fingerprint density at radius 3 is 2.88 bits per heavy atom. The first-order chi connectivity index (χ1) is 11.8. The minimum absolute atomic E-state index is 0.0469. The van der Waals surface area contributed by atoms with Gasteiger partial charge in [-0.1, -0.05) is 23.7 Å². The molecule has 3 nitrogen and oxygen atoms in total. The van der Waals surface area contributed by atoms with E-state index in [1.165, 1.54) is 24.4 Å². The number of nitrogens with zero attached hydrogens (tertiary/aromatic N) is 1. The Kier molecular flexibility index (Phi) is 4.84. The molecule has 0 amide bonds. The number of carbonyl (C=O) groups excluding carboxylic acids is 1. The second-order valence-corrected chi connectivity index (χ2v) is 6.43. The van der Waals surface area contributed by atoms with Crippen LogP contribution in [0.1, 0.15) is 42.2 Å². The van der Waals surface area contributed by atoms with E-state index in [2.05, 4.69) is 4.98 Å². The lowest BCUT2D eigenvalue weighted by atomic mass is 9.77. The van der Waals surface area contributed by atoms with Crippen LogP contribution in [0.25, 0.3) is 0 Å². The summed E-state index contributed by atoms with van der Waals surface area (Å²) >= 11 is 5.51. The van der Waals surface area contributed by atoms with E-state index < -0.39 is 34.2 Å². The summed E-state index contributed by atoms with van der Waals surface area (Å²) in [6, 6.07) is 5.12. The van der Waals surface area contributed by atoms with E-state index in [-0.39, 0.29) is 42.5 Å². The summed E-state index contributed by atoms with van der Waals surface area (Å²) in [6.45, 7) is 0. The molecular weight excluding hydrogens is 355 g/mol. The zero-order valence-corrected chi connectivity index (χ0v) is 13.9. The Hall–Kier alpha value is -1.92. The van der Waals surface area contributed by atoms with Crippen LogP contribution in [0, 0.1) is 11.6 Å². The molecule has 3 rings (SSSR count). The maximum absolute atomic E-state index is 15.4. The van der Waals surface area contributed by atoms with Crippen molar-refractivity contribution in [2.45, 2.75) is 37.5 Å². The van der Waals surface area contributed by atoms with Crippen molar-refractivity contribution in [2.24, 2.45) is 0 Å². The first kappa shape index (κ1) is 17.9. The first-order valence-corrected chi connectivity index (χ1v) is 8.20. The number of aryl methyl sites for hydroxylation is 1. The number of fused-ring (bicyclic) bond motifs is 1. The number of alkyl halides is 1. The maximum Gasteiger partial charge on any atom is 0.195 e. The van der Waals surface area contributed by atoms with Gasteiger partial charge in [0.05, 0.1) is 11.8 Å². The van der Waals surface area contributed by atoms with E-state index in [0.717, 1.165) is 6.07 Å². The average Bonchev–Trinajstić information content (AvgIpc) is 2.62. The zero-order valence-electron chi connectivity index (χ0n) is 13.1. The lowest BCUT2D eigenvalue weighted by molar-refractivity contribution is -0.133. The van der Waals surface area contributed by atoms with Crippen LogP contribution in [0.15, 0.2) is 30.5 Å². The third kappa shape index (κ3) is 3.16. The van der Waals surface area contributed by atoms with E-state index in [1.54, 1.807) is 0 Å². The quantitative estimate of drug-likeness (QED) is 0.821. The normalized spacial score (nSPS) is 22.5. The number of pyridine rings is 1. The zero-order chi connectivity index (χ0) is 18.2. The fourth-order valence-electron chi connectivity index (χ4n) is 3.12. The van der Waals surface area contributed by atoms with Crippen LogP contribution in [0.2, 0.25) is 5.02 Å². The Bertz CT molecular complexity index is 830. The van der Waals surface area contributed by atoms with Gasteiger partial charge in [-0.2, -0.15) is 0 Å². The molecule has 0 saturated heterocycles. The van der Waals surface area contributed by atoms with E-state index in [0.29, 0.717) is 0 Å². The van der Waals surface area contributed by atoms with Crippen molar-refractivity contribution in [1.29, 1.82) is 0 Å². The Labute approximate surface area is 147 Å². The van der Waals surface area contributed by atoms with Crippen molar-refractivity contribution >= 4 is 17.4 Å². The molecule has 0 bridgehead atoms. The number of Topliss-reactive ketones (excluding diaryl/α,β-unsaturated/α-hetero) is 1. The van der Waals surface area contributed by atoms with Crippen molar-refractivity contribution in [2.75, 3.05) is 0 Å². The molecular formula is C18H15ClF3NO2. The maximum atomic E-state index is 15.4. The molecule has 1 aliphatic carbocycles. The smallest absolute Gasteiger partial charge is 0.195 e. The first-order valence-electron chi connectivity index (χ1n) is 7.82. The third-order valence-electron chi connectivity index (χ3n) is 4.52. The number of rotatable bonds is 4. The van der Waals surface area contributed by atoms with Gasteiger partial charge in [-0.3, -0.25) is 9.78 Å². The third-order valence-corrected chi connectivity index (χ3v) is 4.87. The van der Waals surface area contributed by atoms with Gasteiger partial charge in [0.2, 0.25) is 0 Å². The van der Waals surface area contributed by atoms with Gasteiger partial charge in [0.25, 0.3) is 0 Å². The molecule has 0 spiro atoms. The number of aliphatic hydroxyl groups is 1. The molecule has 0 aliphatic heterocycles. The largest absolute Gasteiger partial charge is 0.387 e. The molecule has 0 radical (unpaired) electrons. The van der Waals surface area contributed by atoms with E-state index in [1.807, 2.05) is 0 Å². The highest BCUT2D eigenvalue weighted by molar-refractivity contribution is 6.30. The van der Waals surface area contributed by atoms with Crippen LogP contribution in [-0.2, 0) is 16.9 Å². The Balaban J connectivity index is 1.82. The van der Waals surface area contributed by atoms with Gasteiger partial charge < -0.3 is 5.11 Å². The minimum Gasteiger partial charge on any atom is -0.387 e. The van der Waals surface area contributed by atoms with Crippen molar-refractivity contribution in [3.05, 3.63) is 63.9 Å². The molecule has 1 aliphatic rings. The second-order valence-electron chi connectivity index (χ2n) is 6.05. The summed E-state index contributed by atoms with van der Waals surface area (Å²) in [5, 5.41) is 9.29. The van der Waals surface area contributed by atoms with Crippen LogP contribution >= 0.6 is 11.6 Å². The number of halogens is 4. The summed E-state index contributed by atoms with van der Waals surface area (Å²) in [4.78, 5) is 16.5. The van der Waals surface area contributed by atoms with Gasteiger partial charge in [-0.05, 0) is 37.0 Å². The van der Waals surface area contributed by atoms with Crippen LogP contribution in [0.5, 0.6) is 0 Å². The van der Waals surface area contributed by atoms with Crippen LogP contribution in [0.4, 0.5) is 13.2 Å². The highest BCUT2D eigenvalue weighted by Gasteiger charge is 2.45. The van der Waals surface area contributed by atoms with Gasteiger partial charge in [-0.25, -0.2) is 13.2 Å². The summed E-state index contributed by atoms with van der Waals surface area (Å²) in [5.74, 6) is -2.56. The number of carbonyl (C=O) groups is 1. The monoisotopic (exact) mass is 369 g/mol. The molecule has 2 aromatic rings. The van der Waals surface area contributed by atoms with Crippen molar-refractivity contribution in [1.82, 2.24) is 4.98 Å². The van der Waals surface area contributed by atoms with Gasteiger partial charge in [0, 0.05) is 18.2 Å². The summed E-state index contributed by atoms with van der Waals surface area (Å²) in [7, 11) is 0. The fraction of sp³-hybridized carbons (Fsp3) is 0.333. The van der Waals surface area contributed by atoms with Gasteiger partial charge in [0.15, 0.2) is 11.5 Å². The van der Waals surface area contributed by atoms with Crippen LogP contribution < -0.4 is 0 Å². The topological polar surface area (TPSA) is 50.2 Å². The summed E-state index contributed by atoms with van der Waals surface area (Å²) < 4.78 is 42.5. The number of hydrogen-bond donors (Lipinski definition) is 1. The molecule has 1 aromatic heterocycles. The van der Waals surface area contributed by atoms with Gasteiger partial charge in [0.1, 0.15) is 16.7 Å². The number of aliphatic hydroxyl groups excluding tert-OH is 1. The average molecular weight is 370 g/mol. The summed E-state index contributed by atoms with van der Waals surface area (Å²) in [5.41, 5.74) is -2.02. The number of hydrogen-bond acceptors (Lipinski definition) is 3. The molecule has 7 heteroatoms. The Morgan fingerprint density at radius 1 is 1.36 bits per heavy atom. The molecule has 2 atom stereocenters. The molecule has 25 heavy (non-hydrogen) atoms. The van der Waals surface area contributed by atoms with Gasteiger partial charge in [-0.15, -0.1) is 0 Å². The lowest BCUT2D eigenvalue weighted by Crippen LogP contribution is -2.37. The van der Waals surface area contributed by atoms with Crippen LogP contribution in [0.3, 0.4) is 0 Å². The standard InChI is InChI=1S/C18H15ClF3NO2/c19-15-12(20)5-3-10(16(15)21)4-6-14(25)18(22)8-7-13(24)17-11(18)2-1-9-23-17/h1-3,5,9,13,24H,4,6-8H2/t13-,18-/m0/s1. The predicted octanol–water partition coefficient (Wildman–Crippen LogP) is 4.21. The predicted molar refractivity (Wildman–Crippen MR) is 85.9 cm³/mol. The number of ketones is 1. The van der Waals surface area contributed by atoms with E-state index in [9.17, 15) is 18.7 Å². The van der Waals surface area contributed by atoms with E-state index >= 15 is 4.39 Å². The highest BCUT2D eigenvalue weighted by Crippen LogP contribution is 2.43. The van der Waals surface area contributed by atoms with Gasteiger partial charge >= 0.3 is 0 Å². The molecule has 132 valence electrons. The number of aromatic nitrogens is 1. The minimum atomic E-state index is -2.27. The Morgan fingerprint density at radius 2 is 2.12 bits per heavy atom. The fourth-order valence-corrected chi connectivity index (χ4v) is 3.30. The highest BCUT2D eigenvalue weighted by atomic mass is 35.5. The number of benzene rings is 1. The molecule has 0 saturated carbocycles. The lowest BCUT2D eigenvalue weighted by Gasteiger charge is -2.32. The SMILES string of the molecule is O=C(CCc1ccc(F)c(Cl)c1F)[C@]1(F)CC[C@H](O)c2ncccc21. The van der Waals surface area contributed by atoms with Crippen molar-refractivity contribution < 1.29 is 23.1 Å². The van der Waals surface area contributed by atoms with Crippen molar-refractivity contribution in [3.8, 4) is 0 Å². The van der Waals surface area contributed by atoms with Crippen molar-refractivity contribution in [3.63, 3.8) is 0 Å². The summed E-state index contributed by atoms with van der Waals surface area (Å²) in [6.07, 6.45) is 0.0327. The molecule has 1 heterocycles. The molecule has 0 fully saturated rings. The molecule has 0 unspecified atom stereocenters. The second kappa shape index (κ2) is 6.77. The van der Waals surface area contributed by atoms with E-state index in [4.69, 9.17) is 11.6 Å². The molecule has 1 N–H and O–H groups in total. The van der Waals surface area contributed by atoms with Crippen LogP contribution in [-0.4, -0.2) is 15.9 Å². The molecule has 1 aromatic carbocycles.